The molecule has 0 spiro atoms. The summed E-state index contributed by atoms with van der Waals surface area (Å²) >= 11 is 0. The van der Waals surface area contributed by atoms with E-state index < -0.39 is 30.1 Å². The lowest BCUT2D eigenvalue weighted by Gasteiger charge is -2.48. The molecule has 41 heavy (non-hydrogen) atoms. The summed E-state index contributed by atoms with van der Waals surface area (Å²) in [6.07, 6.45) is 21.3. The van der Waals surface area contributed by atoms with Gasteiger partial charge < -0.3 is 15.2 Å². The summed E-state index contributed by atoms with van der Waals surface area (Å²) in [5.74, 6) is -0.667. The van der Waals surface area contributed by atoms with Gasteiger partial charge in [0.2, 0.25) is 0 Å². The Balaban J connectivity index is 2.01. The highest BCUT2D eigenvalue weighted by atomic mass is 16.6. The van der Waals surface area contributed by atoms with E-state index in [2.05, 4.69) is 19.2 Å². The van der Waals surface area contributed by atoms with Crippen LogP contribution < -0.4 is 5.32 Å². The number of carbonyl (C=O) groups is 3. The number of unbranched alkanes of at least 4 members (excludes halogenated alkanes) is 12. The predicted molar refractivity (Wildman–Crippen MR) is 166 cm³/mol. The van der Waals surface area contributed by atoms with Crippen molar-refractivity contribution < 1.29 is 24.2 Å². The first-order valence-corrected chi connectivity index (χ1v) is 16.9. The van der Waals surface area contributed by atoms with E-state index in [1.165, 1.54) is 81.9 Å². The van der Waals surface area contributed by atoms with E-state index in [0.717, 1.165) is 37.7 Å². The number of imide groups is 1. The maximum atomic E-state index is 13.2. The zero-order valence-electron chi connectivity index (χ0n) is 26.8. The number of carbonyl (C=O) groups excluding carboxylic acids is 2. The second-order valence-corrected chi connectivity index (χ2v) is 12.8. The SMILES string of the molecule is CCCCCCCCCCCCCCCC1CCCC(C)C1C1C(CC(C)C(=O)O)=C(C)NC(=O)N1C(=O)OCC. The Morgan fingerprint density at radius 1 is 0.951 bits per heavy atom. The van der Waals surface area contributed by atoms with Gasteiger partial charge in [-0.3, -0.25) is 4.79 Å². The fourth-order valence-electron chi connectivity index (χ4n) is 7.17. The van der Waals surface area contributed by atoms with E-state index in [1.807, 2.05) is 6.92 Å². The van der Waals surface area contributed by atoms with E-state index in [9.17, 15) is 19.5 Å². The van der Waals surface area contributed by atoms with Crippen LogP contribution in [-0.4, -0.2) is 40.7 Å². The Hall–Kier alpha value is -2.05. The van der Waals surface area contributed by atoms with E-state index in [4.69, 9.17) is 4.74 Å². The predicted octanol–water partition coefficient (Wildman–Crippen LogP) is 9.46. The molecule has 0 bridgehead atoms. The molecule has 1 aliphatic carbocycles. The Morgan fingerprint density at radius 2 is 1.51 bits per heavy atom. The third kappa shape index (κ3) is 11.3. The van der Waals surface area contributed by atoms with Gasteiger partial charge in [-0.2, -0.15) is 0 Å². The average Bonchev–Trinajstić information content (AvgIpc) is 2.92. The first-order chi connectivity index (χ1) is 19.7. The van der Waals surface area contributed by atoms with Crippen molar-refractivity contribution in [3.8, 4) is 0 Å². The average molecular weight is 577 g/mol. The molecule has 1 aliphatic heterocycles. The normalized spacial score (nSPS) is 23.8. The summed E-state index contributed by atoms with van der Waals surface area (Å²) in [6, 6.07) is -0.929. The molecule has 1 saturated carbocycles. The number of hydrogen-bond acceptors (Lipinski definition) is 4. The van der Waals surface area contributed by atoms with E-state index in [1.54, 1.807) is 13.8 Å². The molecule has 0 radical (unpaired) electrons. The van der Waals surface area contributed by atoms with Crippen molar-refractivity contribution in [2.75, 3.05) is 6.61 Å². The summed E-state index contributed by atoms with van der Waals surface area (Å²) < 4.78 is 5.35. The molecular formula is C34H60N2O5. The van der Waals surface area contributed by atoms with Crippen LogP contribution in [0.3, 0.4) is 0 Å². The molecule has 2 N–H and O–H groups in total. The van der Waals surface area contributed by atoms with Crippen LogP contribution >= 0.6 is 0 Å². The number of allylic oxidation sites excluding steroid dienone is 1. The van der Waals surface area contributed by atoms with Crippen LogP contribution in [0, 0.1) is 23.7 Å². The van der Waals surface area contributed by atoms with Crippen molar-refractivity contribution >= 4 is 18.1 Å². The third-order valence-electron chi connectivity index (χ3n) is 9.52. The van der Waals surface area contributed by atoms with Crippen LogP contribution in [0.4, 0.5) is 9.59 Å². The topological polar surface area (TPSA) is 95.9 Å². The maximum absolute atomic E-state index is 13.2. The molecule has 0 aromatic heterocycles. The van der Waals surface area contributed by atoms with Gasteiger partial charge in [-0.05, 0) is 43.6 Å². The van der Waals surface area contributed by atoms with Crippen molar-refractivity contribution in [2.45, 2.75) is 156 Å². The summed E-state index contributed by atoms with van der Waals surface area (Å²) in [4.78, 5) is 39.4. The van der Waals surface area contributed by atoms with Crippen LogP contribution in [0.15, 0.2) is 11.3 Å². The monoisotopic (exact) mass is 576 g/mol. The minimum absolute atomic E-state index is 0.0995. The Morgan fingerprint density at radius 3 is 2.05 bits per heavy atom. The molecule has 5 unspecified atom stereocenters. The molecule has 0 saturated heterocycles. The van der Waals surface area contributed by atoms with Gasteiger partial charge in [0.05, 0.1) is 18.6 Å². The van der Waals surface area contributed by atoms with Crippen molar-refractivity contribution in [2.24, 2.45) is 23.7 Å². The molecule has 7 nitrogen and oxygen atoms in total. The molecule has 236 valence electrons. The van der Waals surface area contributed by atoms with Gasteiger partial charge >= 0.3 is 18.1 Å². The van der Waals surface area contributed by atoms with E-state index >= 15 is 0 Å². The van der Waals surface area contributed by atoms with Gasteiger partial charge in [-0.1, -0.05) is 130 Å². The van der Waals surface area contributed by atoms with Crippen LogP contribution in [0.2, 0.25) is 0 Å². The highest BCUT2D eigenvalue weighted by molar-refractivity contribution is 5.94. The molecule has 1 heterocycles. The first-order valence-electron chi connectivity index (χ1n) is 16.9. The highest BCUT2D eigenvalue weighted by Gasteiger charge is 2.48. The number of carboxylic acids is 1. The number of aliphatic carboxylic acids is 1. The molecule has 1 fully saturated rings. The zero-order valence-corrected chi connectivity index (χ0v) is 26.8. The van der Waals surface area contributed by atoms with Gasteiger partial charge in [0, 0.05) is 5.70 Å². The molecular weight excluding hydrogens is 516 g/mol. The molecule has 7 heteroatoms. The Kier molecular flexibility index (Phi) is 16.5. The minimum Gasteiger partial charge on any atom is -0.481 e. The van der Waals surface area contributed by atoms with Crippen LogP contribution in [0.1, 0.15) is 150 Å². The quantitative estimate of drug-likeness (QED) is 0.149. The number of nitrogens with one attached hydrogen (secondary N) is 1. The number of carboxylic acid groups (broad SMARTS) is 1. The van der Waals surface area contributed by atoms with Gasteiger partial charge in [-0.15, -0.1) is 0 Å². The molecule has 0 aromatic carbocycles. The summed E-state index contributed by atoms with van der Waals surface area (Å²) in [5.41, 5.74) is 1.55. The molecule has 5 atom stereocenters. The summed E-state index contributed by atoms with van der Waals surface area (Å²) in [6.45, 7) is 9.96. The van der Waals surface area contributed by atoms with Crippen LogP contribution in [0.25, 0.3) is 0 Å². The molecule has 0 aromatic rings. The van der Waals surface area contributed by atoms with Crippen molar-refractivity contribution in [1.82, 2.24) is 10.2 Å². The lowest BCUT2D eigenvalue weighted by atomic mass is 9.65. The number of urea groups is 1. The maximum Gasteiger partial charge on any atom is 0.418 e. The molecule has 2 aliphatic rings. The number of ether oxygens (including phenoxy) is 1. The number of rotatable bonds is 19. The lowest BCUT2D eigenvalue weighted by Crippen LogP contribution is -2.59. The second kappa shape index (κ2) is 19.2. The minimum atomic E-state index is -0.871. The number of amides is 3. The first kappa shape index (κ1) is 35.1. The Labute approximate surface area is 250 Å². The number of hydrogen-bond donors (Lipinski definition) is 2. The Bertz CT molecular complexity index is 841. The largest absolute Gasteiger partial charge is 0.481 e. The highest BCUT2D eigenvalue weighted by Crippen LogP contribution is 2.45. The van der Waals surface area contributed by atoms with Gasteiger partial charge in [0.15, 0.2) is 0 Å². The van der Waals surface area contributed by atoms with Gasteiger partial charge in [-0.25, -0.2) is 14.5 Å². The van der Waals surface area contributed by atoms with Crippen molar-refractivity contribution in [3.63, 3.8) is 0 Å². The zero-order chi connectivity index (χ0) is 30.2. The lowest BCUT2D eigenvalue weighted by molar-refractivity contribution is -0.141. The number of nitrogens with zero attached hydrogens (tertiary/aromatic N) is 1. The molecule has 2 rings (SSSR count). The van der Waals surface area contributed by atoms with Crippen molar-refractivity contribution in [1.29, 1.82) is 0 Å². The molecule has 3 amide bonds. The summed E-state index contributed by atoms with van der Waals surface area (Å²) in [5, 5.41) is 12.5. The van der Waals surface area contributed by atoms with E-state index in [0.29, 0.717) is 24.0 Å². The van der Waals surface area contributed by atoms with Crippen LogP contribution in [-0.2, 0) is 9.53 Å². The fraction of sp³-hybridized carbons (Fsp3) is 0.853. The van der Waals surface area contributed by atoms with E-state index in [-0.39, 0.29) is 12.5 Å². The van der Waals surface area contributed by atoms with Crippen LogP contribution in [0.5, 0.6) is 0 Å². The fourth-order valence-corrected chi connectivity index (χ4v) is 7.17. The van der Waals surface area contributed by atoms with Gasteiger partial charge in [0.1, 0.15) is 0 Å². The second-order valence-electron chi connectivity index (χ2n) is 12.8. The standard InChI is InChI=1S/C34H60N2O5/c1-6-8-9-10-11-12-13-14-15-16-17-18-19-22-28-23-20-21-25(3)30(28)31-29(24-26(4)32(37)38)27(5)35-33(39)36(31)34(40)41-7-2/h25-26,28,30-31H,6-24H2,1-5H3,(H,35,39)(H,37,38). The third-order valence-corrected chi connectivity index (χ3v) is 9.52. The smallest absolute Gasteiger partial charge is 0.418 e. The summed E-state index contributed by atoms with van der Waals surface area (Å²) in [7, 11) is 0. The van der Waals surface area contributed by atoms with Crippen molar-refractivity contribution in [3.05, 3.63) is 11.3 Å². The van der Waals surface area contributed by atoms with Gasteiger partial charge in [0.25, 0.3) is 0 Å².